The number of aromatic nitrogens is 1. The summed E-state index contributed by atoms with van der Waals surface area (Å²) in [6.45, 7) is 2.79. The molecular formula is C19H22N2O3S. The van der Waals surface area contributed by atoms with Crippen molar-refractivity contribution in [3.05, 3.63) is 46.9 Å². The van der Waals surface area contributed by atoms with Crippen LogP contribution < -0.4 is 4.74 Å². The van der Waals surface area contributed by atoms with Gasteiger partial charge in [-0.1, -0.05) is 0 Å². The van der Waals surface area contributed by atoms with Crippen LogP contribution in [0.5, 0.6) is 5.75 Å². The Morgan fingerprint density at radius 3 is 3.24 bits per heavy atom. The zero-order chi connectivity index (χ0) is 17.1. The molecular weight excluding hydrogens is 336 g/mol. The largest absolute Gasteiger partial charge is 0.491 e. The molecule has 6 heteroatoms. The molecule has 2 saturated heterocycles. The molecule has 5 nitrogen and oxygen atoms in total. The van der Waals surface area contributed by atoms with Crippen molar-refractivity contribution in [1.29, 1.82) is 0 Å². The average molecular weight is 358 g/mol. The summed E-state index contributed by atoms with van der Waals surface area (Å²) in [6, 6.07) is 5.68. The minimum Gasteiger partial charge on any atom is -0.491 e. The minimum atomic E-state index is -0.141. The Hall–Kier alpha value is -1.92. The predicted octanol–water partition coefficient (Wildman–Crippen LogP) is 3.23. The molecule has 2 aromatic heterocycles. The first kappa shape index (κ1) is 16.5. The Kier molecular flexibility index (Phi) is 4.72. The summed E-state index contributed by atoms with van der Waals surface area (Å²) in [4.78, 5) is 18.9. The molecule has 2 aliphatic heterocycles. The number of piperidine rings is 1. The third-order valence-corrected chi connectivity index (χ3v) is 5.89. The van der Waals surface area contributed by atoms with Gasteiger partial charge >= 0.3 is 0 Å². The Labute approximate surface area is 151 Å². The van der Waals surface area contributed by atoms with Crippen LogP contribution in [0.3, 0.4) is 0 Å². The number of hydrogen-bond donors (Lipinski definition) is 0. The van der Waals surface area contributed by atoms with E-state index in [0.717, 1.165) is 43.7 Å². The topological polar surface area (TPSA) is 51.7 Å². The van der Waals surface area contributed by atoms with Crippen molar-refractivity contribution in [2.24, 2.45) is 5.41 Å². The fourth-order valence-corrected chi connectivity index (χ4v) is 4.53. The van der Waals surface area contributed by atoms with Crippen LogP contribution in [0.15, 0.2) is 41.4 Å². The molecule has 4 heterocycles. The summed E-state index contributed by atoms with van der Waals surface area (Å²) in [5.74, 6) is 0.883. The zero-order valence-corrected chi connectivity index (χ0v) is 14.9. The van der Waals surface area contributed by atoms with Crippen LogP contribution in [0, 0.1) is 5.41 Å². The summed E-state index contributed by atoms with van der Waals surface area (Å²) in [5.41, 5.74) is 0.640. The van der Waals surface area contributed by atoms with Crippen molar-refractivity contribution in [1.82, 2.24) is 9.88 Å². The third-order valence-electron chi connectivity index (χ3n) is 5.20. The highest BCUT2D eigenvalue weighted by Crippen LogP contribution is 2.41. The number of thiophene rings is 1. The van der Waals surface area contributed by atoms with Gasteiger partial charge in [-0.15, -0.1) is 0 Å². The first-order valence-corrected chi connectivity index (χ1v) is 9.67. The van der Waals surface area contributed by atoms with Crippen molar-refractivity contribution in [3.8, 4) is 5.75 Å². The molecule has 2 fully saturated rings. The summed E-state index contributed by atoms with van der Waals surface area (Å²) in [7, 11) is 0. The van der Waals surface area contributed by atoms with E-state index in [-0.39, 0.29) is 17.4 Å². The first-order valence-electron chi connectivity index (χ1n) is 8.73. The molecule has 2 atom stereocenters. The molecule has 0 aliphatic carbocycles. The maximum atomic E-state index is 12.8. The fourth-order valence-electron chi connectivity index (χ4n) is 3.90. The van der Waals surface area contributed by atoms with Crippen LogP contribution in [-0.4, -0.2) is 48.2 Å². The number of ether oxygens (including phenoxy) is 2. The number of fused-ring (bicyclic) bond motifs is 1. The van der Waals surface area contributed by atoms with E-state index in [4.69, 9.17) is 9.47 Å². The lowest BCUT2D eigenvalue weighted by Gasteiger charge is -2.50. The highest BCUT2D eigenvalue weighted by Gasteiger charge is 2.47. The number of carbonyl (C=O) groups excluding carboxylic acids is 1. The molecule has 25 heavy (non-hydrogen) atoms. The van der Waals surface area contributed by atoms with Gasteiger partial charge in [0.2, 0.25) is 0 Å². The highest BCUT2D eigenvalue weighted by molar-refractivity contribution is 7.08. The predicted molar refractivity (Wildman–Crippen MR) is 96.0 cm³/mol. The summed E-state index contributed by atoms with van der Waals surface area (Å²) >= 11 is 1.56. The van der Waals surface area contributed by atoms with Gasteiger partial charge in [-0.2, -0.15) is 11.3 Å². The molecule has 0 bridgehead atoms. The Bertz CT molecular complexity index is 707. The number of amides is 1. The van der Waals surface area contributed by atoms with Gasteiger partial charge in [0.15, 0.2) is 0 Å². The van der Waals surface area contributed by atoms with Crippen LogP contribution in [0.4, 0.5) is 0 Å². The lowest BCUT2D eigenvalue weighted by atomic mass is 9.73. The van der Waals surface area contributed by atoms with Crippen molar-refractivity contribution >= 4 is 17.2 Å². The van der Waals surface area contributed by atoms with Gasteiger partial charge in [0.1, 0.15) is 5.75 Å². The number of hydrogen-bond acceptors (Lipinski definition) is 5. The second-order valence-corrected chi connectivity index (χ2v) is 7.61. The van der Waals surface area contributed by atoms with E-state index in [1.54, 1.807) is 23.7 Å². The molecule has 132 valence electrons. The van der Waals surface area contributed by atoms with Gasteiger partial charge < -0.3 is 14.4 Å². The smallest absolute Gasteiger partial charge is 0.254 e. The summed E-state index contributed by atoms with van der Waals surface area (Å²) < 4.78 is 12.1. The second kappa shape index (κ2) is 7.14. The fraction of sp³-hybridized carbons (Fsp3) is 0.474. The van der Waals surface area contributed by atoms with Gasteiger partial charge in [0.05, 0.1) is 24.5 Å². The maximum Gasteiger partial charge on any atom is 0.254 e. The van der Waals surface area contributed by atoms with Crippen molar-refractivity contribution in [2.75, 3.05) is 26.3 Å². The normalized spacial score (nSPS) is 26.1. The summed E-state index contributed by atoms with van der Waals surface area (Å²) in [6.07, 6.45) is 6.52. The lowest BCUT2D eigenvalue weighted by Crippen LogP contribution is -2.58. The Morgan fingerprint density at radius 1 is 1.48 bits per heavy atom. The molecule has 0 saturated carbocycles. The quantitative estimate of drug-likeness (QED) is 0.842. The molecule has 0 N–H and O–H groups in total. The van der Waals surface area contributed by atoms with Gasteiger partial charge in [-0.25, -0.2) is 0 Å². The van der Waals surface area contributed by atoms with Crippen molar-refractivity contribution < 1.29 is 14.3 Å². The van der Waals surface area contributed by atoms with E-state index in [9.17, 15) is 4.79 Å². The van der Waals surface area contributed by atoms with Crippen molar-refractivity contribution in [2.45, 2.75) is 25.4 Å². The van der Waals surface area contributed by atoms with Crippen LogP contribution in [0.25, 0.3) is 0 Å². The average Bonchev–Trinajstić information content (AvgIpc) is 3.21. The molecule has 0 aromatic carbocycles. The first-order chi connectivity index (χ1) is 12.3. The summed E-state index contributed by atoms with van der Waals surface area (Å²) in [5, 5.41) is 3.87. The van der Waals surface area contributed by atoms with E-state index < -0.39 is 0 Å². The molecule has 0 unspecified atom stereocenters. The Balaban J connectivity index is 1.51. The van der Waals surface area contributed by atoms with Crippen LogP contribution in [0.2, 0.25) is 0 Å². The standard InChI is InChI=1S/C19H22N2O3S/c22-18(15-5-10-25-12-15)21-8-4-17-19(13-21,6-2-9-23-17)14-24-16-3-1-7-20-11-16/h1,3,5,7,10-12,17H,2,4,6,8-9,13-14H2/t17-,19+/m1/s1. The van der Waals surface area contributed by atoms with Gasteiger partial charge in [-0.3, -0.25) is 9.78 Å². The number of nitrogens with zero attached hydrogens (tertiary/aromatic N) is 2. The monoisotopic (exact) mass is 358 g/mol. The minimum absolute atomic E-state index is 0.117. The van der Waals surface area contributed by atoms with Crippen molar-refractivity contribution in [3.63, 3.8) is 0 Å². The van der Waals surface area contributed by atoms with E-state index in [1.165, 1.54) is 0 Å². The van der Waals surface area contributed by atoms with E-state index in [0.29, 0.717) is 13.2 Å². The van der Waals surface area contributed by atoms with E-state index >= 15 is 0 Å². The third kappa shape index (κ3) is 3.41. The van der Waals surface area contributed by atoms with E-state index in [1.807, 2.05) is 33.9 Å². The highest BCUT2D eigenvalue weighted by atomic mass is 32.1. The lowest BCUT2D eigenvalue weighted by molar-refractivity contribution is -0.133. The number of pyridine rings is 1. The SMILES string of the molecule is O=C(c1ccsc1)N1CC[C@H]2OCCC[C@@]2(COc2cccnc2)C1. The molecule has 2 aliphatic rings. The van der Waals surface area contributed by atoms with E-state index in [2.05, 4.69) is 4.98 Å². The van der Waals surface area contributed by atoms with Crippen LogP contribution >= 0.6 is 11.3 Å². The van der Waals surface area contributed by atoms with Gasteiger partial charge in [0.25, 0.3) is 5.91 Å². The molecule has 4 rings (SSSR count). The van der Waals surface area contributed by atoms with Crippen LogP contribution in [-0.2, 0) is 4.74 Å². The van der Waals surface area contributed by atoms with Gasteiger partial charge in [0, 0.05) is 36.7 Å². The molecule has 0 radical (unpaired) electrons. The number of likely N-dealkylation sites (tertiary alicyclic amines) is 1. The van der Waals surface area contributed by atoms with Gasteiger partial charge in [-0.05, 0) is 42.8 Å². The Morgan fingerprint density at radius 2 is 2.44 bits per heavy atom. The maximum absolute atomic E-state index is 12.8. The molecule has 2 aromatic rings. The number of carbonyl (C=O) groups is 1. The zero-order valence-electron chi connectivity index (χ0n) is 14.1. The second-order valence-electron chi connectivity index (χ2n) is 6.83. The number of rotatable bonds is 4. The molecule has 0 spiro atoms. The van der Waals surface area contributed by atoms with Crippen LogP contribution in [0.1, 0.15) is 29.6 Å². The molecule has 1 amide bonds.